The van der Waals surface area contributed by atoms with E-state index < -0.39 is 18.6 Å². The van der Waals surface area contributed by atoms with E-state index in [4.69, 9.17) is 0 Å². The fourth-order valence-corrected chi connectivity index (χ4v) is 2.01. The van der Waals surface area contributed by atoms with Crippen molar-refractivity contribution in [3.05, 3.63) is 24.0 Å². The minimum Gasteiger partial charge on any atom is -0.353 e. The molecule has 1 heterocycles. The number of alkyl halides is 3. The smallest absolute Gasteiger partial charge is 0.353 e. The lowest BCUT2D eigenvalue weighted by atomic mass is 10.4. The number of carbonyl (C=O) groups excluding carboxylic acids is 1. The maximum Gasteiger partial charge on any atom is 0.406 e. The summed E-state index contributed by atoms with van der Waals surface area (Å²) in [6.07, 6.45) is -2.50. The van der Waals surface area contributed by atoms with Crippen LogP contribution in [0.4, 0.5) is 13.2 Å². The normalized spacial score (nSPS) is 11.7. The van der Waals surface area contributed by atoms with Crippen LogP contribution >= 0.6 is 24.0 Å². The first-order valence-corrected chi connectivity index (χ1v) is 6.96. The van der Waals surface area contributed by atoms with Gasteiger partial charge in [0.15, 0.2) is 5.96 Å². The molecule has 0 saturated heterocycles. The second-order valence-corrected chi connectivity index (χ2v) is 5.23. The van der Waals surface area contributed by atoms with Crippen LogP contribution in [-0.2, 0) is 18.4 Å². The number of guanidine groups is 1. The Morgan fingerprint density at radius 3 is 2.42 bits per heavy atom. The van der Waals surface area contributed by atoms with Gasteiger partial charge in [0.05, 0.1) is 13.1 Å². The standard InChI is InChI=1S/C14H22F3N5O.HI/c1-18-13(21(3)9-11-6-5-7-20(11)2)19-8-12(23)22(4)10-14(15,16)17;/h5-7H,8-10H2,1-4H3,(H,18,19);1H. The van der Waals surface area contributed by atoms with Gasteiger partial charge in [-0.15, -0.1) is 24.0 Å². The summed E-state index contributed by atoms with van der Waals surface area (Å²) in [7, 11) is 6.36. The summed E-state index contributed by atoms with van der Waals surface area (Å²) in [5.74, 6) is -0.226. The SMILES string of the molecule is CN=C(NCC(=O)N(C)CC(F)(F)F)N(C)Cc1cccn1C.I. The molecule has 0 aliphatic carbocycles. The van der Waals surface area contributed by atoms with Crippen LogP contribution in [-0.4, -0.2) is 66.6 Å². The summed E-state index contributed by atoms with van der Waals surface area (Å²) in [5, 5.41) is 2.78. The molecule has 6 nitrogen and oxygen atoms in total. The number of likely N-dealkylation sites (N-methyl/N-ethyl adjacent to an activating group) is 1. The van der Waals surface area contributed by atoms with Gasteiger partial charge in [-0.1, -0.05) is 0 Å². The number of amides is 1. The summed E-state index contributed by atoms with van der Waals surface area (Å²) in [5.41, 5.74) is 1.04. The number of halogens is 4. The van der Waals surface area contributed by atoms with Gasteiger partial charge in [0.1, 0.15) is 6.54 Å². The van der Waals surface area contributed by atoms with Crippen molar-refractivity contribution in [2.45, 2.75) is 12.7 Å². The van der Waals surface area contributed by atoms with Gasteiger partial charge in [0.2, 0.25) is 5.91 Å². The predicted octanol–water partition coefficient (Wildman–Crippen LogP) is 1.67. The number of hydrogen-bond donors (Lipinski definition) is 1. The molecule has 0 atom stereocenters. The zero-order valence-electron chi connectivity index (χ0n) is 14.1. The molecule has 0 spiro atoms. The lowest BCUT2D eigenvalue weighted by Gasteiger charge is -2.24. The first-order valence-electron chi connectivity index (χ1n) is 6.96. The summed E-state index contributed by atoms with van der Waals surface area (Å²) in [6.45, 7) is -0.974. The molecule has 0 aliphatic heterocycles. The Balaban J connectivity index is 0.00000529. The third-order valence-electron chi connectivity index (χ3n) is 3.26. The first kappa shape index (κ1) is 22.5. The quantitative estimate of drug-likeness (QED) is 0.413. The minimum absolute atomic E-state index is 0. The average Bonchev–Trinajstić information content (AvgIpc) is 2.82. The van der Waals surface area contributed by atoms with Crippen molar-refractivity contribution in [3.8, 4) is 0 Å². The lowest BCUT2D eigenvalue weighted by Crippen LogP contribution is -2.46. The van der Waals surface area contributed by atoms with E-state index in [1.165, 1.54) is 0 Å². The van der Waals surface area contributed by atoms with E-state index in [1.807, 2.05) is 29.9 Å². The van der Waals surface area contributed by atoms with Crippen molar-refractivity contribution in [3.63, 3.8) is 0 Å². The van der Waals surface area contributed by atoms with Gasteiger partial charge < -0.3 is 19.7 Å². The molecule has 1 aromatic heterocycles. The maximum atomic E-state index is 12.3. The van der Waals surface area contributed by atoms with Gasteiger partial charge in [-0.2, -0.15) is 13.2 Å². The highest BCUT2D eigenvalue weighted by atomic mass is 127. The van der Waals surface area contributed by atoms with E-state index >= 15 is 0 Å². The number of rotatable bonds is 5. The van der Waals surface area contributed by atoms with Crippen molar-refractivity contribution in [2.24, 2.45) is 12.0 Å². The van der Waals surface area contributed by atoms with Gasteiger partial charge in [-0.3, -0.25) is 9.79 Å². The molecule has 0 aromatic carbocycles. The monoisotopic (exact) mass is 461 g/mol. The molecule has 0 radical (unpaired) electrons. The van der Waals surface area contributed by atoms with E-state index in [0.29, 0.717) is 17.4 Å². The Morgan fingerprint density at radius 1 is 1.33 bits per heavy atom. The Labute approximate surface area is 156 Å². The molecule has 0 fully saturated rings. The second kappa shape index (κ2) is 9.74. The summed E-state index contributed by atoms with van der Waals surface area (Å²) in [4.78, 5) is 18.2. The fourth-order valence-electron chi connectivity index (χ4n) is 2.01. The molecular formula is C14H23F3IN5O. The number of nitrogens with one attached hydrogen (secondary N) is 1. The van der Waals surface area contributed by atoms with Crippen molar-refractivity contribution in [1.29, 1.82) is 0 Å². The van der Waals surface area contributed by atoms with E-state index in [0.717, 1.165) is 12.7 Å². The van der Waals surface area contributed by atoms with Gasteiger partial charge in [-0.05, 0) is 12.1 Å². The van der Waals surface area contributed by atoms with Crippen LogP contribution < -0.4 is 5.32 Å². The van der Waals surface area contributed by atoms with Crippen LogP contribution in [0.3, 0.4) is 0 Å². The van der Waals surface area contributed by atoms with E-state index in [2.05, 4.69) is 10.3 Å². The predicted molar refractivity (Wildman–Crippen MR) is 97.3 cm³/mol. The molecule has 24 heavy (non-hydrogen) atoms. The molecule has 0 aliphatic rings. The Kier molecular flexibility index (Phi) is 9.15. The molecule has 0 unspecified atom stereocenters. The molecule has 138 valence electrons. The Bertz CT molecular complexity index is 559. The van der Waals surface area contributed by atoms with Crippen molar-refractivity contribution >= 4 is 35.8 Å². The van der Waals surface area contributed by atoms with Crippen LogP contribution in [0, 0.1) is 0 Å². The van der Waals surface area contributed by atoms with Crippen molar-refractivity contribution < 1.29 is 18.0 Å². The largest absolute Gasteiger partial charge is 0.406 e. The number of aromatic nitrogens is 1. The van der Waals surface area contributed by atoms with E-state index in [1.54, 1.807) is 19.0 Å². The van der Waals surface area contributed by atoms with Crippen molar-refractivity contribution in [1.82, 2.24) is 19.7 Å². The molecule has 0 saturated carbocycles. The highest BCUT2D eigenvalue weighted by Crippen LogP contribution is 2.15. The maximum absolute atomic E-state index is 12.3. The fraction of sp³-hybridized carbons (Fsp3) is 0.571. The second-order valence-electron chi connectivity index (χ2n) is 5.23. The zero-order valence-corrected chi connectivity index (χ0v) is 16.4. The zero-order chi connectivity index (χ0) is 17.6. The van der Waals surface area contributed by atoms with Crippen LogP contribution in [0.15, 0.2) is 23.3 Å². The van der Waals surface area contributed by atoms with Crippen molar-refractivity contribution in [2.75, 3.05) is 34.2 Å². The van der Waals surface area contributed by atoms with Gasteiger partial charge in [0.25, 0.3) is 0 Å². The molecule has 0 bridgehead atoms. The highest BCUT2D eigenvalue weighted by molar-refractivity contribution is 14.0. The number of nitrogens with zero attached hydrogens (tertiary/aromatic N) is 4. The van der Waals surface area contributed by atoms with Gasteiger partial charge in [0, 0.05) is 40.1 Å². The number of carbonyl (C=O) groups is 1. The molecule has 10 heteroatoms. The minimum atomic E-state index is -4.41. The topological polar surface area (TPSA) is 52.9 Å². The summed E-state index contributed by atoms with van der Waals surface area (Å²) < 4.78 is 38.7. The molecule has 1 rings (SSSR count). The number of hydrogen-bond acceptors (Lipinski definition) is 2. The summed E-state index contributed by atoms with van der Waals surface area (Å²) in [6, 6.07) is 3.86. The molecule has 1 aromatic rings. The number of aryl methyl sites for hydroxylation is 1. The summed E-state index contributed by atoms with van der Waals surface area (Å²) >= 11 is 0. The van der Waals surface area contributed by atoms with Gasteiger partial charge in [-0.25, -0.2) is 0 Å². The third-order valence-corrected chi connectivity index (χ3v) is 3.26. The Hall–Kier alpha value is -1.46. The highest BCUT2D eigenvalue weighted by Gasteiger charge is 2.31. The van der Waals surface area contributed by atoms with Gasteiger partial charge >= 0.3 is 6.18 Å². The van der Waals surface area contributed by atoms with Crippen LogP contribution in [0.1, 0.15) is 5.69 Å². The third kappa shape index (κ3) is 7.41. The van der Waals surface area contributed by atoms with Crippen LogP contribution in [0.2, 0.25) is 0 Å². The van der Waals surface area contributed by atoms with Crippen LogP contribution in [0.25, 0.3) is 0 Å². The molecule has 1 amide bonds. The van der Waals surface area contributed by atoms with E-state index in [-0.39, 0.29) is 30.5 Å². The molecular weight excluding hydrogens is 438 g/mol. The van der Waals surface area contributed by atoms with E-state index in [9.17, 15) is 18.0 Å². The number of aliphatic imine (C=N–C) groups is 1. The lowest BCUT2D eigenvalue weighted by molar-refractivity contribution is -0.157. The van der Waals surface area contributed by atoms with Crippen LogP contribution in [0.5, 0.6) is 0 Å². The first-order chi connectivity index (χ1) is 10.6. The average molecular weight is 461 g/mol. The molecule has 1 N–H and O–H groups in total. The Morgan fingerprint density at radius 2 is 1.96 bits per heavy atom.